The fourth-order valence-corrected chi connectivity index (χ4v) is 1.14. The van der Waals surface area contributed by atoms with E-state index in [1.165, 1.54) is 5.56 Å². The van der Waals surface area contributed by atoms with Crippen molar-refractivity contribution in [2.24, 2.45) is 5.73 Å². The number of hydrogen-bond donors (Lipinski definition) is 1. The average Bonchev–Trinajstić information content (AvgIpc) is 2.04. The van der Waals surface area contributed by atoms with Crippen LogP contribution in [0.3, 0.4) is 0 Å². The minimum Gasteiger partial charge on any atom is -0.325 e. The molecule has 1 rings (SSSR count). The molecule has 0 atom stereocenters. The minimum atomic E-state index is 0.546. The summed E-state index contributed by atoms with van der Waals surface area (Å²) in [6, 6.07) is 4.13. The predicted octanol–water partition coefficient (Wildman–Crippen LogP) is 1.41. The van der Waals surface area contributed by atoms with Crippen LogP contribution >= 0.6 is 0 Å². The van der Waals surface area contributed by atoms with Gasteiger partial charge in [-0.1, -0.05) is 13.0 Å². The second-order valence-corrected chi connectivity index (χ2v) is 2.62. The summed E-state index contributed by atoms with van der Waals surface area (Å²) in [4.78, 5) is 4.34. The van der Waals surface area contributed by atoms with Crippen molar-refractivity contribution in [2.45, 2.75) is 26.8 Å². The first-order valence-electron chi connectivity index (χ1n) is 3.93. The highest BCUT2D eigenvalue weighted by atomic mass is 14.7. The van der Waals surface area contributed by atoms with E-state index in [4.69, 9.17) is 5.73 Å². The lowest BCUT2D eigenvalue weighted by Gasteiger charge is -2.04. The van der Waals surface area contributed by atoms with E-state index >= 15 is 0 Å². The third-order valence-electron chi connectivity index (χ3n) is 1.78. The van der Waals surface area contributed by atoms with Crippen LogP contribution < -0.4 is 5.73 Å². The number of aryl methyl sites for hydroxylation is 2. The third-order valence-corrected chi connectivity index (χ3v) is 1.78. The second kappa shape index (κ2) is 3.49. The van der Waals surface area contributed by atoms with E-state index in [1.807, 2.05) is 13.0 Å². The average molecular weight is 150 g/mol. The molecule has 2 nitrogen and oxygen atoms in total. The Morgan fingerprint density at radius 1 is 1.45 bits per heavy atom. The zero-order chi connectivity index (χ0) is 8.27. The predicted molar refractivity (Wildman–Crippen MR) is 46.2 cm³/mol. The Bertz CT molecular complexity index is 243. The lowest BCUT2D eigenvalue weighted by Crippen LogP contribution is -2.04. The number of nitrogens with zero attached hydrogens (tertiary/aromatic N) is 1. The van der Waals surface area contributed by atoms with Crippen molar-refractivity contribution < 1.29 is 0 Å². The number of nitrogens with two attached hydrogens (primary N) is 1. The summed E-state index contributed by atoms with van der Waals surface area (Å²) in [6.07, 6.45) is 1.01. The van der Waals surface area contributed by atoms with Gasteiger partial charge in [-0.25, -0.2) is 0 Å². The topological polar surface area (TPSA) is 38.9 Å². The summed E-state index contributed by atoms with van der Waals surface area (Å²) < 4.78 is 0. The van der Waals surface area contributed by atoms with Gasteiger partial charge in [0.15, 0.2) is 0 Å². The van der Waals surface area contributed by atoms with Crippen LogP contribution in [0, 0.1) is 6.92 Å². The van der Waals surface area contributed by atoms with Crippen molar-refractivity contribution >= 4 is 0 Å². The maximum absolute atomic E-state index is 5.53. The van der Waals surface area contributed by atoms with Gasteiger partial charge < -0.3 is 5.73 Å². The first kappa shape index (κ1) is 8.21. The van der Waals surface area contributed by atoms with Crippen LogP contribution in [0.25, 0.3) is 0 Å². The monoisotopic (exact) mass is 150 g/mol. The molecule has 2 heteroatoms. The molecule has 0 saturated carbocycles. The highest BCUT2D eigenvalue weighted by Gasteiger charge is 1.98. The lowest BCUT2D eigenvalue weighted by atomic mass is 10.1. The van der Waals surface area contributed by atoms with Gasteiger partial charge in [-0.15, -0.1) is 0 Å². The summed E-state index contributed by atoms with van der Waals surface area (Å²) in [5.74, 6) is 0. The van der Waals surface area contributed by atoms with Crippen LogP contribution in [-0.4, -0.2) is 4.98 Å². The van der Waals surface area contributed by atoms with Crippen molar-refractivity contribution in [3.63, 3.8) is 0 Å². The Kier molecular flexibility index (Phi) is 2.60. The number of rotatable bonds is 2. The first-order valence-corrected chi connectivity index (χ1v) is 3.93. The molecule has 0 unspecified atom stereocenters. The molecular weight excluding hydrogens is 136 g/mol. The van der Waals surface area contributed by atoms with Crippen molar-refractivity contribution in [1.29, 1.82) is 0 Å². The van der Waals surface area contributed by atoms with Crippen LogP contribution in [0.15, 0.2) is 12.1 Å². The molecule has 1 heterocycles. The summed E-state index contributed by atoms with van der Waals surface area (Å²) in [7, 11) is 0. The highest BCUT2D eigenvalue weighted by Crippen LogP contribution is 2.06. The number of aromatic nitrogens is 1. The maximum atomic E-state index is 5.53. The Morgan fingerprint density at radius 2 is 2.18 bits per heavy atom. The lowest BCUT2D eigenvalue weighted by molar-refractivity contribution is 0.919. The van der Waals surface area contributed by atoms with Crippen molar-refractivity contribution in [3.8, 4) is 0 Å². The van der Waals surface area contributed by atoms with Crippen molar-refractivity contribution in [3.05, 3.63) is 29.1 Å². The second-order valence-electron chi connectivity index (χ2n) is 2.62. The summed E-state index contributed by atoms with van der Waals surface area (Å²) in [6.45, 7) is 4.65. The van der Waals surface area contributed by atoms with Crippen molar-refractivity contribution in [2.75, 3.05) is 0 Å². The summed E-state index contributed by atoms with van der Waals surface area (Å²) >= 11 is 0. The highest BCUT2D eigenvalue weighted by molar-refractivity contribution is 5.22. The molecule has 0 bridgehead atoms. The van der Waals surface area contributed by atoms with Crippen LogP contribution in [0.2, 0.25) is 0 Å². The Balaban J connectivity index is 3.06. The Labute approximate surface area is 67.5 Å². The van der Waals surface area contributed by atoms with Gasteiger partial charge in [0.1, 0.15) is 0 Å². The molecule has 0 saturated heterocycles. The van der Waals surface area contributed by atoms with Gasteiger partial charge in [0.25, 0.3) is 0 Å². The molecule has 0 amide bonds. The first-order chi connectivity index (χ1) is 5.27. The molecule has 60 valence electrons. The van der Waals surface area contributed by atoms with Gasteiger partial charge in [0, 0.05) is 12.2 Å². The maximum Gasteiger partial charge on any atom is 0.0574 e. The summed E-state index contributed by atoms with van der Waals surface area (Å²) in [5, 5.41) is 0. The number of hydrogen-bond acceptors (Lipinski definition) is 2. The van der Waals surface area contributed by atoms with E-state index in [0.29, 0.717) is 6.54 Å². The third kappa shape index (κ3) is 1.77. The summed E-state index contributed by atoms with van der Waals surface area (Å²) in [5.41, 5.74) is 8.87. The molecule has 0 aliphatic rings. The minimum absolute atomic E-state index is 0.546. The van der Waals surface area contributed by atoms with Crippen LogP contribution in [0.4, 0.5) is 0 Å². The molecule has 0 aromatic carbocycles. The molecular formula is C9H14N2. The van der Waals surface area contributed by atoms with E-state index in [0.717, 1.165) is 17.8 Å². The van der Waals surface area contributed by atoms with E-state index in [9.17, 15) is 0 Å². The van der Waals surface area contributed by atoms with Crippen LogP contribution in [0.5, 0.6) is 0 Å². The molecule has 0 aliphatic heterocycles. The molecule has 1 aromatic rings. The Morgan fingerprint density at radius 3 is 2.73 bits per heavy atom. The molecule has 1 aromatic heterocycles. The largest absolute Gasteiger partial charge is 0.325 e. The van der Waals surface area contributed by atoms with E-state index < -0.39 is 0 Å². The molecule has 11 heavy (non-hydrogen) atoms. The fraction of sp³-hybridized carbons (Fsp3) is 0.444. The van der Waals surface area contributed by atoms with Gasteiger partial charge in [-0.2, -0.15) is 0 Å². The van der Waals surface area contributed by atoms with E-state index in [-0.39, 0.29) is 0 Å². The van der Waals surface area contributed by atoms with Gasteiger partial charge in [0.2, 0.25) is 0 Å². The van der Waals surface area contributed by atoms with Gasteiger partial charge in [-0.3, -0.25) is 4.98 Å². The van der Waals surface area contributed by atoms with E-state index in [2.05, 4.69) is 18.0 Å². The number of pyridine rings is 1. The van der Waals surface area contributed by atoms with E-state index in [1.54, 1.807) is 0 Å². The molecule has 0 fully saturated rings. The van der Waals surface area contributed by atoms with Gasteiger partial charge in [0.05, 0.1) is 5.69 Å². The molecule has 0 aliphatic carbocycles. The van der Waals surface area contributed by atoms with Gasteiger partial charge >= 0.3 is 0 Å². The standard InChI is InChI=1S/C9H14N2/c1-3-8-5-4-7(2)11-9(8)6-10/h4-5H,3,6,10H2,1-2H3. The molecule has 2 N–H and O–H groups in total. The molecule has 0 spiro atoms. The zero-order valence-electron chi connectivity index (χ0n) is 7.09. The zero-order valence-corrected chi connectivity index (χ0v) is 7.09. The van der Waals surface area contributed by atoms with Crippen LogP contribution in [0.1, 0.15) is 23.9 Å². The van der Waals surface area contributed by atoms with Gasteiger partial charge in [-0.05, 0) is 25.0 Å². The normalized spacial score (nSPS) is 10.1. The smallest absolute Gasteiger partial charge is 0.0574 e. The van der Waals surface area contributed by atoms with Crippen molar-refractivity contribution in [1.82, 2.24) is 4.98 Å². The molecule has 0 radical (unpaired) electrons. The SMILES string of the molecule is CCc1ccc(C)nc1CN. The quantitative estimate of drug-likeness (QED) is 0.692. The fourth-order valence-electron chi connectivity index (χ4n) is 1.14. The Hall–Kier alpha value is -0.890. The van der Waals surface area contributed by atoms with Crippen LogP contribution in [-0.2, 0) is 13.0 Å².